The van der Waals surface area contributed by atoms with E-state index in [0.717, 1.165) is 0 Å². The topological polar surface area (TPSA) is 60.4 Å². The first-order valence-electron chi connectivity index (χ1n) is 6.86. The van der Waals surface area contributed by atoms with Crippen LogP contribution < -0.4 is 0 Å². The molecular formula is C16H13Cl3O4S. The van der Waals surface area contributed by atoms with Gasteiger partial charge < -0.3 is 4.74 Å². The van der Waals surface area contributed by atoms with E-state index in [1.807, 2.05) is 0 Å². The summed E-state index contributed by atoms with van der Waals surface area (Å²) in [6.45, 7) is -0.113. The molecule has 2 rings (SSSR count). The Morgan fingerprint density at radius 2 is 1.54 bits per heavy atom. The Bertz CT molecular complexity index is 813. The van der Waals surface area contributed by atoms with Crippen molar-refractivity contribution in [1.29, 1.82) is 0 Å². The Hall–Kier alpha value is -1.27. The van der Waals surface area contributed by atoms with E-state index in [0.29, 0.717) is 20.6 Å². The first-order valence-corrected chi connectivity index (χ1v) is 9.65. The minimum absolute atomic E-state index is 0.105. The molecule has 0 fully saturated rings. The lowest BCUT2D eigenvalue weighted by molar-refractivity contribution is -0.144. The normalized spacial score (nSPS) is 11.3. The maximum atomic E-state index is 12.1. The molecule has 128 valence electrons. The van der Waals surface area contributed by atoms with E-state index in [2.05, 4.69) is 0 Å². The maximum absolute atomic E-state index is 12.1. The smallest absolute Gasteiger partial charge is 0.307 e. The third-order valence-electron chi connectivity index (χ3n) is 3.19. The zero-order valence-corrected chi connectivity index (χ0v) is 15.4. The summed E-state index contributed by atoms with van der Waals surface area (Å²) in [5, 5.41) is 1.19. The molecule has 24 heavy (non-hydrogen) atoms. The molecule has 2 aromatic rings. The Labute approximate surface area is 155 Å². The molecule has 0 radical (unpaired) electrons. The molecule has 0 unspecified atom stereocenters. The van der Waals surface area contributed by atoms with Gasteiger partial charge in [0, 0.05) is 20.6 Å². The van der Waals surface area contributed by atoms with Gasteiger partial charge in [0.15, 0.2) is 9.84 Å². The van der Waals surface area contributed by atoms with Crippen LogP contribution in [-0.4, -0.2) is 20.1 Å². The number of carbonyl (C=O) groups is 1. The molecule has 0 bridgehead atoms. The lowest BCUT2D eigenvalue weighted by atomic mass is 10.2. The number of carbonyl (C=O) groups excluding carboxylic acids is 1. The van der Waals surface area contributed by atoms with Gasteiger partial charge in [0.05, 0.1) is 17.1 Å². The molecule has 0 saturated heterocycles. The summed E-state index contributed by atoms with van der Waals surface area (Å²) < 4.78 is 29.3. The molecule has 8 heteroatoms. The second-order valence-corrected chi connectivity index (χ2v) is 8.24. The van der Waals surface area contributed by atoms with Crippen molar-refractivity contribution >= 4 is 50.6 Å². The van der Waals surface area contributed by atoms with Crippen molar-refractivity contribution in [2.24, 2.45) is 0 Å². The van der Waals surface area contributed by atoms with Crippen LogP contribution in [0.5, 0.6) is 0 Å². The van der Waals surface area contributed by atoms with Crippen LogP contribution in [0.2, 0.25) is 15.1 Å². The highest BCUT2D eigenvalue weighted by atomic mass is 35.5. The molecule has 0 saturated carbocycles. The minimum atomic E-state index is -3.58. The molecule has 4 nitrogen and oxygen atoms in total. The summed E-state index contributed by atoms with van der Waals surface area (Å²) in [4.78, 5) is 11.9. The number of rotatable bonds is 6. The van der Waals surface area contributed by atoms with E-state index in [9.17, 15) is 13.2 Å². The second kappa shape index (κ2) is 8.21. The fourth-order valence-electron chi connectivity index (χ4n) is 1.87. The molecule has 0 heterocycles. The summed E-state index contributed by atoms with van der Waals surface area (Å²) in [5.74, 6) is -1.01. The van der Waals surface area contributed by atoms with E-state index in [1.54, 1.807) is 18.2 Å². The number of sulfone groups is 1. The van der Waals surface area contributed by atoms with Crippen LogP contribution in [0.25, 0.3) is 0 Å². The second-order valence-electron chi connectivity index (χ2n) is 4.88. The largest absolute Gasteiger partial charge is 0.461 e. The van der Waals surface area contributed by atoms with E-state index >= 15 is 0 Å². The molecular weight excluding hydrogens is 395 g/mol. The standard InChI is InChI=1S/C16H13Cl3O4S/c17-11-4-6-12(7-5-11)24(21,22)9-8-16(20)23-10-13-14(18)2-1-3-15(13)19/h1-7H,8-10H2. The van der Waals surface area contributed by atoms with Crippen LogP contribution in [0.4, 0.5) is 0 Å². The molecule has 0 spiro atoms. The van der Waals surface area contributed by atoms with Gasteiger partial charge in [-0.05, 0) is 36.4 Å². The summed E-state index contributed by atoms with van der Waals surface area (Å²) >= 11 is 17.7. The van der Waals surface area contributed by atoms with Gasteiger partial charge in [-0.2, -0.15) is 0 Å². The van der Waals surface area contributed by atoms with Gasteiger partial charge in [0.25, 0.3) is 0 Å². The summed E-state index contributed by atoms with van der Waals surface area (Å²) in [6.07, 6.45) is -0.271. The predicted molar refractivity (Wildman–Crippen MR) is 94.4 cm³/mol. The number of hydrogen-bond donors (Lipinski definition) is 0. The highest BCUT2D eigenvalue weighted by Crippen LogP contribution is 2.25. The van der Waals surface area contributed by atoms with Gasteiger partial charge >= 0.3 is 5.97 Å². The molecule has 0 aromatic heterocycles. The van der Waals surface area contributed by atoms with Crippen LogP contribution in [0.1, 0.15) is 12.0 Å². The number of hydrogen-bond acceptors (Lipinski definition) is 4. The van der Waals surface area contributed by atoms with Crippen molar-refractivity contribution in [3.8, 4) is 0 Å². The Balaban J connectivity index is 1.92. The van der Waals surface area contributed by atoms with Gasteiger partial charge in [-0.1, -0.05) is 40.9 Å². The fourth-order valence-corrected chi connectivity index (χ4v) is 3.73. The lowest BCUT2D eigenvalue weighted by Gasteiger charge is -2.09. The Morgan fingerprint density at radius 1 is 0.958 bits per heavy atom. The van der Waals surface area contributed by atoms with Gasteiger partial charge in [-0.3, -0.25) is 4.79 Å². The van der Waals surface area contributed by atoms with Crippen molar-refractivity contribution in [2.75, 3.05) is 5.75 Å². The van der Waals surface area contributed by atoms with E-state index in [1.165, 1.54) is 24.3 Å². The van der Waals surface area contributed by atoms with Crippen LogP contribution in [-0.2, 0) is 26.0 Å². The Kier molecular flexibility index (Phi) is 6.52. The third kappa shape index (κ3) is 5.11. The van der Waals surface area contributed by atoms with E-state index in [-0.39, 0.29) is 23.7 Å². The quantitative estimate of drug-likeness (QED) is 0.659. The van der Waals surface area contributed by atoms with Crippen molar-refractivity contribution in [3.63, 3.8) is 0 Å². The van der Waals surface area contributed by atoms with Crippen molar-refractivity contribution in [2.45, 2.75) is 17.9 Å². The third-order valence-corrected chi connectivity index (χ3v) is 5.88. The molecule has 0 amide bonds. The van der Waals surface area contributed by atoms with Crippen molar-refractivity contribution < 1.29 is 17.9 Å². The first kappa shape index (κ1) is 19.1. The summed E-state index contributed by atoms with van der Waals surface area (Å²) in [5.41, 5.74) is 0.481. The van der Waals surface area contributed by atoms with Gasteiger partial charge in [-0.15, -0.1) is 0 Å². The van der Waals surface area contributed by atoms with Crippen LogP contribution in [0.15, 0.2) is 47.4 Å². The number of benzene rings is 2. The molecule has 2 aromatic carbocycles. The SMILES string of the molecule is O=C(CCS(=O)(=O)c1ccc(Cl)cc1)OCc1c(Cl)cccc1Cl. The molecule has 0 atom stereocenters. The first-order chi connectivity index (χ1) is 11.3. The zero-order chi connectivity index (χ0) is 17.7. The van der Waals surface area contributed by atoms with Gasteiger partial charge in [-0.25, -0.2) is 8.42 Å². The molecule has 0 N–H and O–H groups in total. The van der Waals surface area contributed by atoms with Gasteiger partial charge in [0.2, 0.25) is 0 Å². The fraction of sp³-hybridized carbons (Fsp3) is 0.188. The molecule has 0 aliphatic heterocycles. The Morgan fingerprint density at radius 3 is 2.12 bits per heavy atom. The molecule has 0 aliphatic rings. The maximum Gasteiger partial charge on any atom is 0.307 e. The number of esters is 1. The van der Waals surface area contributed by atoms with E-state index in [4.69, 9.17) is 39.5 Å². The highest BCUT2D eigenvalue weighted by molar-refractivity contribution is 7.91. The van der Waals surface area contributed by atoms with Crippen molar-refractivity contribution in [1.82, 2.24) is 0 Å². The van der Waals surface area contributed by atoms with Crippen LogP contribution in [0.3, 0.4) is 0 Å². The number of halogens is 3. The average Bonchev–Trinajstić information content (AvgIpc) is 2.53. The molecule has 0 aliphatic carbocycles. The predicted octanol–water partition coefficient (Wildman–Crippen LogP) is 4.55. The monoisotopic (exact) mass is 406 g/mol. The zero-order valence-electron chi connectivity index (χ0n) is 12.3. The van der Waals surface area contributed by atoms with Crippen LogP contribution >= 0.6 is 34.8 Å². The summed E-state index contributed by atoms with van der Waals surface area (Å²) in [7, 11) is -3.58. The average molecular weight is 408 g/mol. The van der Waals surface area contributed by atoms with Crippen molar-refractivity contribution in [3.05, 3.63) is 63.1 Å². The number of ether oxygens (including phenoxy) is 1. The lowest BCUT2D eigenvalue weighted by Crippen LogP contribution is -2.13. The minimum Gasteiger partial charge on any atom is -0.461 e. The summed E-state index contributed by atoms with van der Waals surface area (Å²) in [6, 6.07) is 10.7. The van der Waals surface area contributed by atoms with E-state index < -0.39 is 15.8 Å². The van der Waals surface area contributed by atoms with Gasteiger partial charge in [0.1, 0.15) is 6.61 Å². The highest BCUT2D eigenvalue weighted by Gasteiger charge is 2.17. The van der Waals surface area contributed by atoms with Crippen LogP contribution in [0, 0.1) is 0 Å².